The van der Waals surface area contributed by atoms with Gasteiger partial charge in [-0.15, -0.1) is 0 Å². The molecule has 1 N–H and O–H groups in total. The van der Waals surface area contributed by atoms with Crippen LogP contribution >= 0.6 is 31.9 Å². The van der Waals surface area contributed by atoms with Gasteiger partial charge in [-0.2, -0.15) is 0 Å². The van der Waals surface area contributed by atoms with E-state index in [0.717, 1.165) is 45.5 Å². The predicted octanol–water partition coefficient (Wildman–Crippen LogP) is 5.14. The molecular weight excluding hydrogens is 394 g/mol. The summed E-state index contributed by atoms with van der Waals surface area (Å²) >= 11 is 7.18. The van der Waals surface area contributed by atoms with E-state index in [1.165, 1.54) is 31.2 Å². The van der Waals surface area contributed by atoms with Crippen molar-refractivity contribution in [3.05, 3.63) is 26.6 Å². The zero-order valence-corrected chi connectivity index (χ0v) is 15.7. The summed E-state index contributed by atoms with van der Waals surface area (Å²) in [6, 6.07) is 4.21. The third kappa shape index (κ3) is 4.23. The Balaban J connectivity index is 1.61. The Morgan fingerprint density at radius 2 is 1.86 bits per heavy atom. The molecule has 2 saturated carbocycles. The number of rotatable bonds is 8. The third-order valence-electron chi connectivity index (χ3n) is 4.52. The average molecular weight is 417 g/mol. The van der Waals surface area contributed by atoms with Crippen LogP contribution in [0, 0.1) is 17.8 Å². The molecule has 0 bridgehead atoms. The molecule has 3 rings (SSSR count). The molecule has 0 aromatic heterocycles. The second-order valence-corrected chi connectivity index (χ2v) is 8.05. The molecule has 0 spiro atoms. The number of hydrogen-bond acceptors (Lipinski definition) is 2. The van der Waals surface area contributed by atoms with Crippen molar-refractivity contribution in [3.63, 3.8) is 0 Å². The van der Waals surface area contributed by atoms with Crippen molar-refractivity contribution >= 4 is 31.9 Å². The predicted molar refractivity (Wildman–Crippen MR) is 93.7 cm³/mol. The second-order valence-electron chi connectivity index (χ2n) is 6.28. The van der Waals surface area contributed by atoms with Gasteiger partial charge in [-0.1, -0.05) is 15.9 Å². The van der Waals surface area contributed by atoms with Crippen LogP contribution in [0.2, 0.25) is 0 Å². The Morgan fingerprint density at radius 3 is 2.43 bits per heavy atom. The van der Waals surface area contributed by atoms with Crippen LogP contribution in [0.25, 0.3) is 0 Å². The maximum atomic E-state index is 5.79. The van der Waals surface area contributed by atoms with Gasteiger partial charge in [0.15, 0.2) is 0 Å². The summed E-state index contributed by atoms with van der Waals surface area (Å²) < 4.78 is 7.91. The Kier molecular flexibility index (Phi) is 5.28. The van der Waals surface area contributed by atoms with E-state index in [4.69, 9.17) is 4.74 Å². The summed E-state index contributed by atoms with van der Waals surface area (Å²) in [5, 5.41) is 3.68. The average Bonchev–Trinajstić information content (AvgIpc) is 3.31. The second kappa shape index (κ2) is 7.01. The van der Waals surface area contributed by atoms with Crippen LogP contribution in [0.15, 0.2) is 21.1 Å². The maximum Gasteiger partial charge on any atom is 0.138 e. The van der Waals surface area contributed by atoms with E-state index in [2.05, 4.69) is 43.2 Å². The van der Waals surface area contributed by atoms with Crippen LogP contribution in [0.4, 0.5) is 0 Å². The smallest absolute Gasteiger partial charge is 0.138 e. The van der Waals surface area contributed by atoms with Gasteiger partial charge in [0, 0.05) is 16.6 Å². The van der Waals surface area contributed by atoms with E-state index < -0.39 is 0 Å². The lowest BCUT2D eigenvalue weighted by Crippen LogP contribution is -2.25. The van der Waals surface area contributed by atoms with E-state index in [0.29, 0.717) is 6.61 Å². The first-order chi connectivity index (χ1) is 10.2. The van der Waals surface area contributed by atoms with Crippen LogP contribution in [-0.4, -0.2) is 13.2 Å². The molecule has 4 heteroatoms. The molecule has 0 aliphatic heterocycles. The van der Waals surface area contributed by atoms with Crippen molar-refractivity contribution in [1.29, 1.82) is 0 Å². The molecule has 0 atom stereocenters. The molecule has 0 unspecified atom stereocenters. The molecule has 2 nitrogen and oxygen atoms in total. The molecule has 21 heavy (non-hydrogen) atoms. The zero-order valence-electron chi connectivity index (χ0n) is 12.5. The number of halogens is 2. The van der Waals surface area contributed by atoms with Gasteiger partial charge in [0.1, 0.15) is 5.75 Å². The lowest BCUT2D eigenvalue weighted by molar-refractivity contribution is 0.330. The van der Waals surface area contributed by atoms with E-state index >= 15 is 0 Å². The number of hydrogen-bond donors (Lipinski definition) is 1. The van der Waals surface area contributed by atoms with Gasteiger partial charge >= 0.3 is 0 Å². The molecule has 0 amide bonds. The highest BCUT2D eigenvalue weighted by atomic mass is 79.9. The van der Waals surface area contributed by atoms with E-state index in [1.54, 1.807) is 0 Å². The minimum atomic E-state index is 0.694. The standard InChI is InChI=1S/C17H23Br2NO/c1-2-21-17-13(7-14(18)8-16(17)19)9-20-10-15(11-3-4-11)12-5-6-12/h7-8,11-12,15,20H,2-6,9-10H2,1H3. The molecular formula is C17H23Br2NO. The molecule has 0 radical (unpaired) electrons. The highest BCUT2D eigenvalue weighted by Gasteiger charge is 2.40. The van der Waals surface area contributed by atoms with E-state index in [9.17, 15) is 0 Å². The quantitative estimate of drug-likeness (QED) is 0.633. The Morgan fingerprint density at radius 1 is 1.19 bits per heavy atom. The first kappa shape index (κ1) is 15.8. The van der Waals surface area contributed by atoms with Gasteiger partial charge in [0.05, 0.1) is 11.1 Å². The first-order valence-electron chi connectivity index (χ1n) is 8.00. The van der Waals surface area contributed by atoms with Crippen LogP contribution in [-0.2, 0) is 6.54 Å². The van der Waals surface area contributed by atoms with Crippen molar-refractivity contribution in [3.8, 4) is 5.75 Å². The Labute approximate surface area is 144 Å². The fourth-order valence-electron chi connectivity index (χ4n) is 3.19. The number of benzene rings is 1. The van der Waals surface area contributed by atoms with E-state index in [-0.39, 0.29) is 0 Å². The zero-order chi connectivity index (χ0) is 14.8. The van der Waals surface area contributed by atoms with Crippen LogP contribution < -0.4 is 10.1 Å². The molecule has 2 aliphatic rings. The molecule has 0 saturated heterocycles. The summed E-state index contributed by atoms with van der Waals surface area (Å²) in [6.45, 7) is 4.76. The van der Waals surface area contributed by atoms with Crippen LogP contribution in [0.5, 0.6) is 5.75 Å². The molecule has 2 aliphatic carbocycles. The minimum absolute atomic E-state index is 0.694. The summed E-state index contributed by atoms with van der Waals surface area (Å²) in [6.07, 6.45) is 5.82. The molecule has 1 aromatic carbocycles. The summed E-state index contributed by atoms with van der Waals surface area (Å²) in [4.78, 5) is 0. The fourth-order valence-corrected chi connectivity index (χ4v) is 4.62. The van der Waals surface area contributed by atoms with Crippen molar-refractivity contribution in [1.82, 2.24) is 5.32 Å². The van der Waals surface area contributed by atoms with Crippen molar-refractivity contribution in [2.75, 3.05) is 13.2 Å². The van der Waals surface area contributed by atoms with Gasteiger partial charge in [-0.3, -0.25) is 0 Å². The number of nitrogens with one attached hydrogen (secondary N) is 1. The summed E-state index contributed by atoms with van der Waals surface area (Å²) in [5.74, 6) is 3.90. The van der Waals surface area contributed by atoms with Crippen molar-refractivity contribution < 1.29 is 4.74 Å². The highest BCUT2D eigenvalue weighted by molar-refractivity contribution is 9.11. The van der Waals surface area contributed by atoms with Crippen LogP contribution in [0.1, 0.15) is 38.2 Å². The lowest BCUT2D eigenvalue weighted by Gasteiger charge is -2.18. The first-order valence-corrected chi connectivity index (χ1v) is 9.59. The largest absolute Gasteiger partial charge is 0.492 e. The van der Waals surface area contributed by atoms with Crippen molar-refractivity contribution in [2.45, 2.75) is 39.2 Å². The fraction of sp³-hybridized carbons (Fsp3) is 0.647. The van der Waals surface area contributed by atoms with Gasteiger partial charge in [0.25, 0.3) is 0 Å². The molecule has 1 aromatic rings. The normalized spacial score (nSPS) is 18.3. The summed E-state index contributed by atoms with van der Waals surface area (Å²) in [5.41, 5.74) is 1.23. The van der Waals surface area contributed by atoms with Gasteiger partial charge in [-0.25, -0.2) is 0 Å². The van der Waals surface area contributed by atoms with Gasteiger partial charge < -0.3 is 10.1 Å². The monoisotopic (exact) mass is 415 g/mol. The third-order valence-corrected chi connectivity index (χ3v) is 5.57. The van der Waals surface area contributed by atoms with Crippen molar-refractivity contribution in [2.24, 2.45) is 17.8 Å². The number of ether oxygens (including phenoxy) is 1. The molecule has 0 heterocycles. The van der Waals surface area contributed by atoms with Crippen LogP contribution in [0.3, 0.4) is 0 Å². The molecule has 2 fully saturated rings. The topological polar surface area (TPSA) is 21.3 Å². The van der Waals surface area contributed by atoms with Gasteiger partial charge in [0.2, 0.25) is 0 Å². The Hall–Kier alpha value is -0.0600. The lowest BCUT2D eigenvalue weighted by atomic mass is 9.98. The maximum absolute atomic E-state index is 5.79. The highest BCUT2D eigenvalue weighted by Crippen LogP contribution is 2.48. The van der Waals surface area contributed by atoms with Gasteiger partial charge in [-0.05, 0) is 85.0 Å². The molecule has 116 valence electrons. The Bertz CT molecular complexity index is 486. The minimum Gasteiger partial charge on any atom is -0.492 e. The SMILES string of the molecule is CCOc1c(Br)cc(Br)cc1CNCC(C1CC1)C1CC1. The summed E-state index contributed by atoms with van der Waals surface area (Å²) in [7, 11) is 0. The van der Waals surface area contributed by atoms with E-state index in [1.807, 2.05) is 13.0 Å².